The van der Waals surface area contributed by atoms with Crippen molar-refractivity contribution in [2.45, 2.75) is 58.8 Å². The number of aryl methyl sites for hydroxylation is 2. The van der Waals surface area contributed by atoms with Crippen molar-refractivity contribution in [3.8, 4) is 0 Å². The highest BCUT2D eigenvalue weighted by atomic mass is 32.1. The third-order valence-corrected chi connectivity index (χ3v) is 3.41. The van der Waals surface area contributed by atoms with E-state index >= 15 is 0 Å². The van der Waals surface area contributed by atoms with E-state index in [9.17, 15) is 0 Å². The maximum Gasteiger partial charge on any atom is 0.0928 e. The lowest BCUT2D eigenvalue weighted by atomic mass is 10.1. The Kier molecular flexibility index (Phi) is 5.85. The van der Waals surface area contributed by atoms with E-state index in [0.717, 1.165) is 6.42 Å². The van der Waals surface area contributed by atoms with Gasteiger partial charge in [-0.2, -0.15) is 0 Å². The van der Waals surface area contributed by atoms with Crippen LogP contribution >= 0.6 is 11.3 Å². The van der Waals surface area contributed by atoms with E-state index in [-0.39, 0.29) is 0 Å². The summed E-state index contributed by atoms with van der Waals surface area (Å²) in [5.41, 5.74) is 1.26. The quantitative estimate of drug-likeness (QED) is 0.615. The van der Waals surface area contributed by atoms with Crippen molar-refractivity contribution in [1.29, 1.82) is 0 Å². The second-order valence-corrected chi connectivity index (χ2v) is 4.69. The minimum Gasteiger partial charge on any atom is -0.246 e. The number of hydrogen-bond acceptors (Lipinski definition) is 2. The Balaban J connectivity index is 2.12. The molecule has 0 fully saturated rings. The van der Waals surface area contributed by atoms with Crippen molar-refractivity contribution >= 4 is 11.3 Å². The van der Waals surface area contributed by atoms with Gasteiger partial charge in [-0.05, 0) is 19.3 Å². The van der Waals surface area contributed by atoms with Gasteiger partial charge in [-0.1, -0.05) is 39.5 Å². The number of aromatic nitrogens is 1. The Morgan fingerprint density at radius 3 is 2.57 bits per heavy atom. The minimum absolute atomic E-state index is 1.08. The van der Waals surface area contributed by atoms with Crippen molar-refractivity contribution in [3.05, 3.63) is 16.1 Å². The molecule has 0 radical (unpaired) electrons. The molecular weight excluding hydrogens is 190 g/mol. The smallest absolute Gasteiger partial charge is 0.0928 e. The fourth-order valence-electron chi connectivity index (χ4n) is 1.51. The molecule has 0 amide bonds. The monoisotopic (exact) mass is 211 g/mol. The summed E-state index contributed by atoms with van der Waals surface area (Å²) < 4.78 is 0. The first kappa shape index (κ1) is 11.7. The zero-order valence-corrected chi connectivity index (χ0v) is 10.2. The fraction of sp³-hybridized carbons (Fsp3) is 0.750. The van der Waals surface area contributed by atoms with E-state index in [4.69, 9.17) is 0 Å². The zero-order chi connectivity index (χ0) is 10.2. The Hall–Kier alpha value is -0.370. The van der Waals surface area contributed by atoms with Crippen LogP contribution < -0.4 is 0 Å². The fourth-order valence-corrected chi connectivity index (χ4v) is 2.43. The number of nitrogens with zero attached hydrogens (tertiary/aromatic N) is 1. The van der Waals surface area contributed by atoms with E-state index in [0.29, 0.717) is 0 Å². The van der Waals surface area contributed by atoms with Gasteiger partial charge in [-0.3, -0.25) is 0 Å². The largest absolute Gasteiger partial charge is 0.246 e. The SMILES string of the molecule is CCCCCCCc1nc(CC)cs1. The summed E-state index contributed by atoms with van der Waals surface area (Å²) in [6.07, 6.45) is 9.06. The van der Waals surface area contributed by atoms with Gasteiger partial charge in [0.1, 0.15) is 0 Å². The van der Waals surface area contributed by atoms with Crippen LogP contribution in [0.15, 0.2) is 5.38 Å². The van der Waals surface area contributed by atoms with Gasteiger partial charge in [-0.15, -0.1) is 11.3 Å². The summed E-state index contributed by atoms with van der Waals surface area (Å²) in [7, 11) is 0. The molecule has 1 heterocycles. The lowest BCUT2D eigenvalue weighted by molar-refractivity contribution is 0.631. The third kappa shape index (κ3) is 4.23. The summed E-state index contributed by atoms with van der Waals surface area (Å²) in [5, 5.41) is 3.53. The minimum atomic E-state index is 1.08. The molecule has 0 aliphatic heterocycles. The molecule has 0 saturated heterocycles. The van der Waals surface area contributed by atoms with Crippen LogP contribution in [-0.2, 0) is 12.8 Å². The molecule has 0 N–H and O–H groups in total. The molecule has 2 heteroatoms. The number of thiazole rings is 1. The van der Waals surface area contributed by atoms with Gasteiger partial charge in [-0.25, -0.2) is 4.98 Å². The molecule has 1 aromatic rings. The predicted molar refractivity (Wildman–Crippen MR) is 64.0 cm³/mol. The topological polar surface area (TPSA) is 12.9 Å². The maximum atomic E-state index is 4.57. The lowest BCUT2D eigenvalue weighted by Gasteiger charge is -1.97. The molecule has 1 nitrogen and oxygen atoms in total. The van der Waals surface area contributed by atoms with Gasteiger partial charge < -0.3 is 0 Å². The van der Waals surface area contributed by atoms with E-state index in [1.165, 1.54) is 49.2 Å². The molecule has 0 atom stereocenters. The maximum absolute atomic E-state index is 4.57. The highest BCUT2D eigenvalue weighted by Gasteiger charge is 1.99. The second kappa shape index (κ2) is 6.99. The molecule has 0 saturated carbocycles. The standard InChI is InChI=1S/C12H21NS/c1-3-5-6-7-8-9-12-13-11(4-2)10-14-12/h10H,3-9H2,1-2H3. The molecule has 1 rings (SSSR count). The normalized spacial score (nSPS) is 10.7. The van der Waals surface area contributed by atoms with E-state index < -0.39 is 0 Å². The highest BCUT2D eigenvalue weighted by Crippen LogP contribution is 2.14. The van der Waals surface area contributed by atoms with Crippen molar-refractivity contribution in [1.82, 2.24) is 4.98 Å². The summed E-state index contributed by atoms with van der Waals surface area (Å²) in [5.74, 6) is 0. The average Bonchev–Trinajstić information content (AvgIpc) is 2.65. The van der Waals surface area contributed by atoms with Gasteiger partial charge in [0.15, 0.2) is 0 Å². The Morgan fingerprint density at radius 2 is 1.93 bits per heavy atom. The van der Waals surface area contributed by atoms with Crippen LogP contribution in [0.3, 0.4) is 0 Å². The summed E-state index contributed by atoms with van der Waals surface area (Å²) in [6, 6.07) is 0. The Bertz CT molecular complexity index is 242. The molecule has 0 unspecified atom stereocenters. The molecule has 0 spiro atoms. The average molecular weight is 211 g/mol. The first-order valence-electron chi connectivity index (χ1n) is 5.80. The molecule has 0 aliphatic rings. The number of rotatable bonds is 7. The van der Waals surface area contributed by atoms with Crippen molar-refractivity contribution in [3.63, 3.8) is 0 Å². The molecule has 80 valence electrons. The zero-order valence-electron chi connectivity index (χ0n) is 9.38. The Labute approximate surface area is 91.6 Å². The van der Waals surface area contributed by atoms with Crippen LogP contribution in [0, 0.1) is 0 Å². The van der Waals surface area contributed by atoms with Crippen LogP contribution in [-0.4, -0.2) is 4.98 Å². The molecule has 14 heavy (non-hydrogen) atoms. The van der Waals surface area contributed by atoms with Crippen LogP contribution in [0.4, 0.5) is 0 Å². The van der Waals surface area contributed by atoms with E-state index in [1.807, 2.05) is 11.3 Å². The first-order valence-corrected chi connectivity index (χ1v) is 6.68. The lowest BCUT2D eigenvalue weighted by Crippen LogP contribution is -1.86. The van der Waals surface area contributed by atoms with Gasteiger partial charge in [0.05, 0.1) is 10.7 Å². The van der Waals surface area contributed by atoms with Crippen LogP contribution in [0.1, 0.15) is 56.7 Å². The van der Waals surface area contributed by atoms with Gasteiger partial charge >= 0.3 is 0 Å². The van der Waals surface area contributed by atoms with Crippen LogP contribution in [0.2, 0.25) is 0 Å². The second-order valence-electron chi connectivity index (χ2n) is 3.75. The van der Waals surface area contributed by atoms with E-state index in [2.05, 4.69) is 24.2 Å². The van der Waals surface area contributed by atoms with Crippen molar-refractivity contribution in [2.75, 3.05) is 0 Å². The van der Waals surface area contributed by atoms with Gasteiger partial charge in [0.25, 0.3) is 0 Å². The summed E-state index contributed by atoms with van der Waals surface area (Å²) in [4.78, 5) is 4.57. The first-order chi connectivity index (χ1) is 6.86. The van der Waals surface area contributed by atoms with Crippen molar-refractivity contribution in [2.24, 2.45) is 0 Å². The molecule has 0 aromatic carbocycles. The number of hydrogen-bond donors (Lipinski definition) is 0. The summed E-state index contributed by atoms with van der Waals surface area (Å²) >= 11 is 1.83. The number of unbranched alkanes of at least 4 members (excludes halogenated alkanes) is 4. The molecular formula is C12H21NS. The van der Waals surface area contributed by atoms with Gasteiger partial charge in [0, 0.05) is 5.38 Å². The summed E-state index contributed by atoms with van der Waals surface area (Å²) in [6.45, 7) is 4.43. The molecule has 1 aromatic heterocycles. The van der Waals surface area contributed by atoms with Crippen LogP contribution in [0.25, 0.3) is 0 Å². The van der Waals surface area contributed by atoms with Gasteiger partial charge in [0.2, 0.25) is 0 Å². The molecule has 0 aliphatic carbocycles. The van der Waals surface area contributed by atoms with Crippen LogP contribution in [0.5, 0.6) is 0 Å². The Morgan fingerprint density at radius 1 is 1.14 bits per heavy atom. The van der Waals surface area contributed by atoms with E-state index in [1.54, 1.807) is 0 Å². The predicted octanol–water partition coefficient (Wildman–Crippen LogP) is 4.22. The highest BCUT2D eigenvalue weighted by molar-refractivity contribution is 7.09. The van der Waals surface area contributed by atoms with Crippen molar-refractivity contribution < 1.29 is 0 Å². The molecule has 0 bridgehead atoms. The third-order valence-electron chi connectivity index (χ3n) is 2.46.